The number of hydrogen-bond acceptors (Lipinski definition) is 3. The lowest BCUT2D eigenvalue weighted by molar-refractivity contribution is -0.121. The van der Waals surface area contributed by atoms with Gasteiger partial charge in [0.2, 0.25) is 5.91 Å². The largest absolute Gasteiger partial charge is 0.356 e. The number of fused-ring (bicyclic) bond motifs is 1. The van der Waals surface area contributed by atoms with E-state index >= 15 is 0 Å². The third-order valence-electron chi connectivity index (χ3n) is 6.15. The van der Waals surface area contributed by atoms with Gasteiger partial charge in [-0.2, -0.15) is 5.10 Å². The topological polar surface area (TPSA) is 50.2 Å². The molecule has 164 valence electrons. The van der Waals surface area contributed by atoms with E-state index in [9.17, 15) is 4.79 Å². The molecule has 5 heteroatoms. The van der Waals surface area contributed by atoms with Gasteiger partial charge < -0.3 is 10.2 Å². The van der Waals surface area contributed by atoms with E-state index in [0.717, 1.165) is 54.6 Å². The lowest BCUT2D eigenvalue weighted by Gasteiger charge is -2.19. The summed E-state index contributed by atoms with van der Waals surface area (Å²) in [4.78, 5) is 14.8. The van der Waals surface area contributed by atoms with E-state index < -0.39 is 0 Å². The Bertz CT molecular complexity index is 958. The highest BCUT2D eigenvalue weighted by atomic mass is 16.1. The number of hydrogen-bond donors (Lipinski definition) is 1. The van der Waals surface area contributed by atoms with Crippen LogP contribution in [0.1, 0.15) is 44.9 Å². The molecule has 5 nitrogen and oxygen atoms in total. The summed E-state index contributed by atoms with van der Waals surface area (Å²) in [6.45, 7) is 5.06. The zero-order valence-electron chi connectivity index (χ0n) is 18.4. The lowest BCUT2D eigenvalue weighted by atomic mass is 10.1. The molecule has 1 aliphatic rings. The third kappa shape index (κ3) is 5.95. The molecule has 0 radical (unpaired) electrons. The molecule has 0 spiro atoms. The van der Waals surface area contributed by atoms with E-state index in [2.05, 4.69) is 40.5 Å². The van der Waals surface area contributed by atoms with Crippen LogP contribution in [0.2, 0.25) is 0 Å². The first-order valence-electron chi connectivity index (χ1n) is 11.8. The molecule has 2 aromatic carbocycles. The van der Waals surface area contributed by atoms with Crippen molar-refractivity contribution in [3.8, 4) is 11.3 Å². The van der Waals surface area contributed by atoms with Crippen LogP contribution in [0, 0.1) is 0 Å². The van der Waals surface area contributed by atoms with Crippen LogP contribution in [0.25, 0.3) is 22.2 Å². The number of benzene rings is 2. The van der Waals surface area contributed by atoms with E-state index in [-0.39, 0.29) is 5.91 Å². The highest BCUT2D eigenvalue weighted by molar-refractivity contribution is 5.93. The second-order valence-corrected chi connectivity index (χ2v) is 8.52. The van der Waals surface area contributed by atoms with Crippen LogP contribution in [0.3, 0.4) is 0 Å². The molecule has 1 N–H and O–H groups in total. The summed E-state index contributed by atoms with van der Waals surface area (Å²) >= 11 is 0. The molecular weight excluding hydrogens is 384 g/mol. The number of amides is 1. The molecule has 0 atom stereocenters. The maximum atomic E-state index is 12.3. The molecule has 1 amide bonds. The average Bonchev–Trinajstić information content (AvgIpc) is 2.97. The van der Waals surface area contributed by atoms with Crippen molar-refractivity contribution in [2.24, 2.45) is 0 Å². The molecule has 1 saturated heterocycles. The number of nitrogens with one attached hydrogen (secondary N) is 1. The van der Waals surface area contributed by atoms with E-state index in [1.807, 2.05) is 28.9 Å². The fraction of sp³-hybridized carbons (Fsp3) is 0.462. The van der Waals surface area contributed by atoms with Crippen LogP contribution in [0.4, 0.5) is 0 Å². The van der Waals surface area contributed by atoms with Crippen molar-refractivity contribution in [2.75, 3.05) is 26.2 Å². The Labute approximate surface area is 185 Å². The second-order valence-electron chi connectivity index (χ2n) is 8.52. The smallest absolute Gasteiger partial charge is 0.220 e. The maximum Gasteiger partial charge on any atom is 0.220 e. The Morgan fingerprint density at radius 3 is 2.42 bits per heavy atom. The van der Waals surface area contributed by atoms with Crippen molar-refractivity contribution in [2.45, 2.75) is 51.5 Å². The molecule has 0 saturated carbocycles. The molecular formula is C26H34N4O. The summed E-state index contributed by atoms with van der Waals surface area (Å²) in [5.74, 6) is 0.149. The summed E-state index contributed by atoms with van der Waals surface area (Å²) in [5.41, 5.74) is 3.26. The molecule has 3 aromatic rings. The van der Waals surface area contributed by atoms with Crippen molar-refractivity contribution in [3.05, 3.63) is 54.6 Å². The molecule has 2 heterocycles. The van der Waals surface area contributed by atoms with Gasteiger partial charge in [0.25, 0.3) is 0 Å². The summed E-state index contributed by atoms with van der Waals surface area (Å²) < 4.78 is 2.05. The number of likely N-dealkylation sites (tertiary alicyclic amines) is 1. The van der Waals surface area contributed by atoms with Gasteiger partial charge in [0.1, 0.15) is 5.69 Å². The van der Waals surface area contributed by atoms with E-state index in [1.54, 1.807) is 0 Å². The second kappa shape index (κ2) is 11.1. The first-order chi connectivity index (χ1) is 15.3. The summed E-state index contributed by atoms with van der Waals surface area (Å²) in [5, 5.41) is 9.13. The molecule has 1 fully saturated rings. The zero-order valence-corrected chi connectivity index (χ0v) is 18.4. The van der Waals surface area contributed by atoms with Crippen LogP contribution in [-0.2, 0) is 11.3 Å². The molecule has 0 unspecified atom stereocenters. The summed E-state index contributed by atoms with van der Waals surface area (Å²) in [6.07, 6.45) is 7.74. The highest BCUT2D eigenvalue weighted by Crippen LogP contribution is 2.27. The van der Waals surface area contributed by atoms with Crippen LogP contribution in [-0.4, -0.2) is 46.8 Å². The van der Waals surface area contributed by atoms with E-state index in [4.69, 9.17) is 5.10 Å². The van der Waals surface area contributed by atoms with Gasteiger partial charge in [0.15, 0.2) is 0 Å². The summed E-state index contributed by atoms with van der Waals surface area (Å²) in [7, 11) is 0. The fourth-order valence-corrected chi connectivity index (χ4v) is 4.48. The average molecular weight is 419 g/mol. The Kier molecular flexibility index (Phi) is 7.72. The molecule has 1 aliphatic heterocycles. The number of aromatic nitrogens is 2. The van der Waals surface area contributed by atoms with Crippen molar-refractivity contribution in [3.63, 3.8) is 0 Å². The maximum absolute atomic E-state index is 12.3. The monoisotopic (exact) mass is 418 g/mol. The van der Waals surface area contributed by atoms with Gasteiger partial charge in [0.05, 0.1) is 5.52 Å². The third-order valence-corrected chi connectivity index (χ3v) is 6.15. The SMILES string of the molecule is O=C(CCCn1nc(-c2ccccc2)c2ccccc21)NCCCN1CCCCCC1. The predicted octanol–water partition coefficient (Wildman–Crippen LogP) is 4.87. The first kappa shape index (κ1) is 21.6. The Balaban J connectivity index is 1.24. The number of carbonyl (C=O) groups is 1. The number of carbonyl (C=O) groups excluding carboxylic acids is 1. The number of para-hydroxylation sites is 1. The van der Waals surface area contributed by atoms with Gasteiger partial charge in [-0.15, -0.1) is 0 Å². The Hall–Kier alpha value is -2.66. The van der Waals surface area contributed by atoms with Crippen LogP contribution in [0.5, 0.6) is 0 Å². The van der Waals surface area contributed by atoms with Gasteiger partial charge in [0, 0.05) is 30.5 Å². The quantitative estimate of drug-likeness (QED) is 0.505. The Morgan fingerprint density at radius 1 is 0.871 bits per heavy atom. The van der Waals surface area contributed by atoms with Gasteiger partial charge in [-0.05, 0) is 51.4 Å². The van der Waals surface area contributed by atoms with Gasteiger partial charge in [-0.1, -0.05) is 61.4 Å². The van der Waals surface area contributed by atoms with Gasteiger partial charge in [-0.3, -0.25) is 9.48 Å². The molecule has 0 aliphatic carbocycles. The number of aryl methyl sites for hydroxylation is 1. The number of rotatable bonds is 9. The van der Waals surface area contributed by atoms with Crippen molar-refractivity contribution in [1.29, 1.82) is 0 Å². The van der Waals surface area contributed by atoms with Gasteiger partial charge in [-0.25, -0.2) is 0 Å². The van der Waals surface area contributed by atoms with Crippen molar-refractivity contribution >= 4 is 16.8 Å². The standard InChI is InChI=1S/C26H34N4O/c31-25(27-17-11-20-29-18-8-1-2-9-19-29)16-10-21-30-24-15-7-6-14-23(24)26(28-30)22-12-4-3-5-13-22/h3-7,12-15H,1-2,8-11,16-21H2,(H,27,31). The molecule has 31 heavy (non-hydrogen) atoms. The summed E-state index contributed by atoms with van der Waals surface area (Å²) in [6, 6.07) is 18.6. The fourth-order valence-electron chi connectivity index (χ4n) is 4.48. The molecule has 1 aromatic heterocycles. The minimum absolute atomic E-state index is 0.149. The van der Waals surface area contributed by atoms with Crippen LogP contribution >= 0.6 is 0 Å². The normalized spacial score (nSPS) is 15.1. The predicted molar refractivity (Wildman–Crippen MR) is 127 cm³/mol. The van der Waals surface area contributed by atoms with Gasteiger partial charge >= 0.3 is 0 Å². The highest BCUT2D eigenvalue weighted by Gasteiger charge is 2.12. The molecule has 4 rings (SSSR count). The Morgan fingerprint density at radius 2 is 1.61 bits per heavy atom. The van der Waals surface area contributed by atoms with Crippen molar-refractivity contribution in [1.82, 2.24) is 20.0 Å². The first-order valence-corrected chi connectivity index (χ1v) is 11.8. The van der Waals surface area contributed by atoms with E-state index in [0.29, 0.717) is 6.42 Å². The molecule has 0 bridgehead atoms. The van der Waals surface area contributed by atoms with E-state index in [1.165, 1.54) is 38.8 Å². The van der Waals surface area contributed by atoms with Crippen molar-refractivity contribution < 1.29 is 4.79 Å². The minimum atomic E-state index is 0.149. The van der Waals surface area contributed by atoms with Crippen LogP contribution < -0.4 is 5.32 Å². The zero-order chi connectivity index (χ0) is 21.3. The number of nitrogens with zero attached hydrogens (tertiary/aromatic N) is 3. The minimum Gasteiger partial charge on any atom is -0.356 e. The van der Waals surface area contributed by atoms with Crippen LogP contribution in [0.15, 0.2) is 54.6 Å². The lowest BCUT2D eigenvalue weighted by Crippen LogP contribution is -2.30.